The first-order valence-electron chi connectivity index (χ1n) is 5.07. The third-order valence-electron chi connectivity index (χ3n) is 2.78. The molecule has 0 fully saturated rings. The van der Waals surface area contributed by atoms with E-state index >= 15 is 0 Å². The number of hydrogen-bond donors (Lipinski definition) is 0. The second-order valence-electron chi connectivity index (χ2n) is 3.75. The number of nitrogens with zero attached hydrogens (tertiary/aromatic N) is 3. The van der Waals surface area contributed by atoms with Crippen molar-refractivity contribution in [3.63, 3.8) is 0 Å². The first-order valence-corrected chi connectivity index (χ1v) is 6.15. The molecule has 0 aromatic carbocycles. The Bertz CT molecular complexity index is 528. The van der Waals surface area contributed by atoms with Crippen LogP contribution in [0, 0.1) is 24.3 Å². The fraction of sp³-hybridized carbons (Fsp3) is 0.455. The molecule has 0 radical (unpaired) electrons. The van der Waals surface area contributed by atoms with Crippen molar-refractivity contribution in [2.75, 3.05) is 0 Å². The topological polar surface area (TPSA) is 30.2 Å². The predicted octanol–water partition coefficient (Wildman–Crippen LogP) is 2.82. The first kappa shape index (κ1) is 10.9. The molecule has 3 nitrogen and oxygen atoms in total. The molecule has 15 heavy (non-hydrogen) atoms. The van der Waals surface area contributed by atoms with Crippen molar-refractivity contribution in [1.29, 1.82) is 0 Å². The zero-order valence-corrected chi connectivity index (χ0v) is 11.6. The fourth-order valence-electron chi connectivity index (χ4n) is 1.95. The molecule has 0 aliphatic rings. The number of aryl methyl sites for hydroxylation is 3. The van der Waals surface area contributed by atoms with Gasteiger partial charge in [0.1, 0.15) is 0 Å². The highest BCUT2D eigenvalue weighted by Crippen LogP contribution is 2.20. The van der Waals surface area contributed by atoms with E-state index in [-0.39, 0.29) is 0 Å². The summed E-state index contributed by atoms with van der Waals surface area (Å²) in [5.74, 6) is 0. The van der Waals surface area contributed by atoms with E-state index in [1.807, 2.05) is 11.4 Å². The fourth-order valence-corrected chi connectivity index (χ4v) is 2.41. The lowest BCUT2D eigenvalue weighted by Crippen LogP contribution is -2.04. The maximum absolute atomic E-state index is 4.62. The van der Waals surface area contributed by atoms with Crippen LogP contribution in [0.15, 0.2) is 0 Å². The maximum Gasteiger partial charge on any atom is 0.169 e. The molecular formula is C11H14IN3. The maximum atomic E-state index is 4.62. The summed E-state index contributed by atoms with van der Waals surface area (Å²) in [6, 6.07) is 0. The molecule has 0 atom stereocenters. The van der Waals surface area contributed by atoms with Gasteiger partial charge in [-0.05, 0) is 55.3 Å². The third kappa shape index (κ3) is 1.55. The highest BCUT2D eigenvalue weighted by molar-refractivity contribution is 14.1. The molecule has 0 amide bonds. The summed E-state index contributed by atoms with van der Waals surface area (Å²) in [5.41, 5.74) is 5.69. The van der Waals surface area contributed by atoms with E-state index in [1.165, 1.54) is 11.3 Å². The summed E-state index contributed by atoms with van der Waals surface area (Å²) in [5, 5.41) is 4.51. The molecule has 0 N–H and O–H groups in total. The Balaban J connectivity index is 2.90. The molecule has 0 aliphatic heterocycles. The number of fused-ring (bicyclic) bond motifs is 1. The Morgan fingerprint density at radius 3 is 2.47 bits per heavy atom. The standard InChI is InChI=1S/C11H14IN3/c1-5-9-6(2)13-11-10(12)7(3)14-15(11)8(9)4/h5H2,1-4H3. The summed E-state index contributed by atoms with van der Waals surface area (Å²) in [6.07, 6.45) is 1.01. The highest BCUT2D eigenvalue weighted by Gasteiger charge is 2.13. The van der Waals surface area contributed by atoms with E-state index in [0.29, 0.717) is 0 Å². The van der Waals surface area contributed by atoms with Crippen LogP contribution in [-0.4, -0.2) is 14.6 Å². The lowest BCUT2D eigenvalue weighted by atomic mass is 10.1. The van der Waals surface area contributed by atoms with Crippen LogP contribution in [0.3, 0.4) is 0 Å². The van der Waals surface area contributed by atoms with Crippen LogP contribution in [0.2, 0.25) is 0 Å². The molecule has 2 aromatic rings. The Labute approximate surface area is 103 Å². The van der Waals surface area contributed by atoms with Gasteiger partial charge in [0.2, 0.25) is 0 Å². The summed E-state index contributed by atoms with van der Waals surface area (Å²) in [7, 11) is 0. The van der Waals surface area contributed by atoms with Gasteiger partial charge >= 0.3 is 0 Å². The second-order valence-corrected chi connectivity index (χ2v) is 4.83. The number of halogens is 1. The van der Waals surface area contributed by atoms with Crippen LogP contribution < -0.4 is 0 Å². The lowest BCUT2D eigenvalue weighted by molar-refractivity contribution is 0.839. The van der Waals surface area contributed by atoms with Crippen molar-refractivity contribution < 1.29 is 0 Å². The van der Waals surface area contributed by atoms with Gasteiger partial charge in [-0.15, -0.1) is 0 Å². The van der Waals surface area contributed by atoms with Crippen LogP contribution in [0.5, 0.6) is 0 Å². The number of hydrogen-bond acceptors (Lipinski definition) is 2. The highest BCUT2D eigenvalue weighted by atomic mass is 127. The van der Waals surface area contributed by atoms with Gasteiger partial charge in [-0.2, -0.15) is 5.10 Å². The second kappa shape index (κ2) is 3.73. The van der Waals surface area contributed by atoms with Crippen LogP contribution in [0.1, 0.15) is 29.6 Å². The van der Waals surface area contributed by atoms with Crippen molar-refractivity contribution in [3.8, 4) is 0 Å². The minimum absolute atomic E-state index is 0.986. The van der Waals surface area contributed by atoms with Crippen LogP contribution in [0.25, 0.3) is 5.65 Å². The molecule has 2 heterocycles. The smallest absolute Gasteiger partial charge is 0.169 e. The SMILES string of the molecule is CCc1c(C)nc2c(I)c(C)nn2c1C. The molecule has 0 aliphatic carbocycles. The summed E-state index contributed by atoms with van der Waals surface area (Å²) in [4.78, 5) is 4.62. The van der Waals surface area contributed by atoms with Gasteiger partial charge in [-0.1, -0.05) is 6.92 Å². The predicted molar refractivity (Wildman–Crippen MR) is 69.3 cm³/mol. The molecule has 0 spiro atoms. The first-order chi connectivity index (χ1) is 7.06. The van der Waals surface area contributed by atoms with E-state index in [2.05, 4.69) is 53.4 Å². The minimum atomic E-state index is 0.986. The molecule has 0 saturated carbocycles. The zero-order chi connectivity index (χ0) is 11.2. The summed E-state index contributed by atoms with van der Waals surface area (Å²) in [6.45, 7) is 8.37. The Kier molecular flexibility index (Phi) is 2.70. The normalized spacial score (nSPS) is 11.3. The molecule has 0 unspecified atom stereocenters. The average molecular weight is 315 g/mol. The van der Waals surface area contributed by atoms with Gasteiger partial charge in [0.25, 0.3) is 0 Å². The van der Waals surface area contributed by atoms with Gasteiger partial charge in [0, 0.05) is 11.4 Å². The molecule has 0 bridgehead atoms. The molecule has 4 heteroatoms. The molecular weight excluding hydrogens is 301 g/mol. The summed E-state index contributed by atoms with van der Waals surface area (Å²) < 4.78 is 3.12. The lowest BCUT2D eigenvalue weighted by Gasteiger charge is -2.08. The van der Waals surface area contributed by atoms with E-state index < -0.39 is 0 Å². The third-order valence-corrected chi connectivity index (χ3v) is 4.05. The van der Waals surface area contributed by atoms with E-state index in [9.17, 15) is 0 Å². The van der Waals surface area contributed by atoms with Crippen molar-refractivity contribution in [2.24, 2.45) is 0 Å². The van der Waals surface area contributed by atoms with Crippen molar-refractivity contribution in [1.82, 2.24) is 14.6 Å². The van der Waals surface area contributed by atoms with Gasteiger partial charge in [-0.25, -0.2) is 9.50 Å². The van der Waals surface area contributed by atoms with Crippen molar-refractivity contribution in [3.05, 3.63) is 26.2 Å². The Hall–Kier alpha value is -0.650. The van der Waals surface area contributed by atoms with Gasteiger partial charge in [0.05, 0.1) is 9.26 Å². The number of rotatable bonds is 1. The zero-order valence-electron chi connectivity index (χ0n) is 9.43. The molecule has 0 saturated heterocycles. The van der Waals surface area contributed by atoms with Gasteiger partial charge < -0.3 is 0 Å². The van der Waals surface area contributed by atoms with Crippen molar-refractivity contribution in [2.45, 2.75) is 34.1 Å². The molecule has 2 rings (SSSR count). The van der Waals surface area contributed by atoms with E-state index in [1.54, 1.807) is 0 Å². The van der Waals surface area contributed by atoms with Crippen LogP contribution in [-0.2, 0) is 6.42 Å². The van der Waals surface area contributed by atoms with E-state index in [4.69, 9.17) is 0 Å². The van der Waals surface area contributed by atoms with Crippen LogP contribution in [0.4, 0.5) is 0 Å². The van der Waals surface area contributed by atoms with Crippen LogP contribution >= 0.6 is 22.6 Å². The van der Waals surface area contributed by atoms with E-state index in [0.717, 1.165) is 27.0 Å². The quantitative estimate of drug-likeness (QED) is 0.758. The number of aromatic nitrogens is 3. The van der Waals surface area contributed by atoms with Gasteiger partial charge in [0.15, 0.2) is 5.65 Å². The Morgan fingerprint density at radius 1 is 1.20 bits per heavy atom. The molecule has 80 valence electrons. The average Bonchev–Trinajstić information content (AvgIpc) is 2.46. The molecule has 2 aromatic heterocycles. The van der Waals surface area contributed by atoms with Gasteiger partial charge in [-0.3, -0.25) is 0 Å². The largest absolute Gasteiger partial charge is 0.233 e. The monoisotopic (exact) mass is 315 g/mol. The van der Waals surface area contributed by atoms with Crippen molar-refractivity contribution >= 4 is 28.2 Å². The summed E-state index contributed by atoms with van der Waals surface area (Å²) >= 11 is 2.31. The minimum Gasteiger partial charge on any atom is -0.233 e. The Morgan fingerprint density at radius 2 is 1.87 bits per heavy atom.